The van der Waals surface area contributed by atoms with Crippen LogP contribution >= 0.6 is 0 Å². The van der Waals surface area contributed by atoms with E-state index in [1.165, 1.54) is 0 Å². The minimum absolute atomic E-state index is 0.0289. The topological polar surface area (TPSA) is 46.5 Å². The summed E-state index contributed by atoms with van der Waals surface area (Å²) in [4.78, 5) is 11.5. The van der Waals surface area contributed by atoms with E-state index in [0.717, 1.165) is 0 Å². The lowest BCUT2D eigenvalue weighted by molar-refractivity contribution is -0.149. The molecule has 0 radical (unpaired) electrons. The highest BCUT2D eigenvalue weighted by Crippen LogP contribution is 2.57. The van der Waals surface area contributed by atoms with Crippen molar-refractivity contribution in [2.75, 3.05) is 6.61 Å². The Bertz CT molecular complexity index is 258. The zero-order valence-corrected chi connectivity index (χ0v) is 7.68. The van der Waals surface area contributed by atoms with Crippen LogP contribution in [0.5, 0.6) is 0 Å². The van der Waals surface area contributed by atoms with Gasteiger partial charge in [0.15, 0.2) is 11.4 Å². The van der Waals surface area contributed by atoms with Gasteiger partial charge in [-0.15, -0.1) is 0 Å². The maximum Gasteiger partial charge on any atom is 0.168 e. The van der Waals surface area contributed by atoms with Crippen LogP contribution in [0, 0.1) is 5.41 Å². The Morgan fingerprint density at radius 2 is 2.00 bits per heavy atom. The highest BCUT2D eigenvalue weighted by atomic mass is 16.5. The van der Waals surface area contributed by atoms with Gasteiger partial charge in [0.2, 0.25) is 0 Å². The summed E-state index contributed by atoms with van der Waals surface area (Å²) >= 11 is 0. The predicted octanol–water partition coefficient (Wildman–Crippen LogP) is 0.505. The molecule has 2 bridgehead atoms. The molecule has 2 fully saturated rings. The molecule has 1 saturated heterocycles. The van der Waals surface area contributed by atoms with E-state index in [4.69, 9.17) is 4.74 Å². The number of carbonyl (C=O) groups is 1. The van der Waals surface area contributed by atoms with Crippen molar-refractivity contribution in [3.63, 3.8) is 0 Å². The molecule has 0 amide bonds. The Morgan fingerprint density at radius 1 is 1.42 bits per heavy atom. The summed E-state index contributed by atoms with van der Waals surface area (Å²) in [7, 11) is 0. The molecule has 3 heteroatoms. The standard InChI is InChI=1S/C9H14O3/c1-7-4-6(10)8(2,12-5-7)9(7,3)11/h11H,4-5H2,1-3H3/t7-,8-,9+/m0/s1. The van der Waals surface area contributed by atoms with Crippen molar-refractivity contribution in [1.29, 1.82) is 0 Å². The SMILES string of the molecule is C[C@@]12CO[C@@](C)(C(=O)C1)[C@]2(C)O. The Hall–Kier alpha value is -0.410. The minimum Gasteiger partial charge on any atom is -0.386 e. The van der Waals surface area contributed by atoms with Gasteiger partial charge >= 0.3 is 0 Å². The largest absolute Gasteiger partial charge is 0.386 e. The van der Waals surface area contributed by atoms with Crippen LogP contribution in [-0.4, -0.2) is 28.7 Å². The number of fused-ring (bicyclic) bond motifs is 2. The number of ketones is 1. The van der Waals surface area contributed by atoms with Gasteiger partial charge in [-0.05, 0) is 13.8 Å². The van der Waals surface area contributed by atoms with Crippen molar-refractivity contribution in [3.8, 4) is 0 Å². The van der Waals surface area contributed by atoms with E-state index in [-0.39, 0.29) is 11.2 Å². The summed E-state index contributed by atoms with van der Waals surface area (Å²) in [5.74, 6) is 0.0289. The number of ether oxygens (including phenoxy) is 1. The first-order valence-corrected chi connectivity index (χ1v) is 4.23. The molecule has 3 nitrogen and oxygen atoms in total. The van der Waals surface area contributed by atoms with Crippen LogP contribution < -0.4 is 0 Å². The third-order valence-electron chi connectivity index (χ3n) is 3.87. The van der Waals surface area contributed by atoms with E-state index >= 15 is 0 Å². The molecule has 1 aliphatic heterocycles. The molecule has 12 heavy (non-hydrogen) atoms. The summed E-state index contributed by atoms with van der Waals surface area (Å²) in [5.41, 5.74) is -2.34. The molecule has 0 aromatic heterocycles. The van der Waals surface area contributed by atoms with Crippen molar-refractivity contribution >= 4 is 5.78 Å². The highest BCUT2D eigenvalue weighted by molar-refractivity contribution is 5.93. The minimum atomic E-state index is -1.00. The molecule has 0 aromatic rings. The first kappa shape index (κ1) is 8.20. The number of aliphatic hydroxyl groups is 1. The molecule has 68 valence electrons. The fraction of sp³-hybridized carbons (Fsp3) is 0.889. The molecule has 2 rings (SSSR count). The predicted molar refractivity (Wildman–Crippen MR) is 42.7 cm³/mol. The van der Waals surface area contributed by atoms with Crippen LogP contribution in [0.1, 0.15) is 27.2 Å². The Morgan fingerprint density at radius 3 is 2.17 bits per heavy atom. The number of Topliss-reactive ketones (excluding diaryl/α,β-unsaturated/α-hetero) is 1. The van der Waals surface area contributed by atoms with Crippen molar-refractivity contribution in [1.82, 2.24) is 0 Å². The summed E-state index contributed by atoms with van der Waals surface area (Å²) in [5, 5.41) is 10.1. The lowest BCUT2D eigenvalue weighted by Crippen LogP contribution is -2.50. The first-order chi connectivity index (χ1) is 5.33. The second-order valence-electron chi connectivity index (χ2n) is 4.55. The Kier molecular flexibility index (Phi) is 1.20. The van der Waals surface area contributed by atoms with Gasteiger partial charge in [-0.1, -0.05) is 6.92 Å². The second-order valence-corrected chi connectivity index (χ2v) is 4.55. The molecule has 0 spiro atoms. The van der Waals surface area contributed by atoms with Gasteiger partial charge in [-0.25, -0.2) is 0 Å². The summed E-state index contributed by atoms with van der Waals surface area (Å²) < 4.78 is 5.37. The molecular weight excluding hydrogens is 156 g/mol. The van der Waals surface area contributed by atoms with E-state index in [9.17, 15) is 9.90 Å². The Balaban J connectivity index is 2.56. The van der Waals surface area contributed by atoms with Gasteiger partial charge in [0, 0.05) is 11.8 Å². The van der Waals surface area contributed by atoms with Gasteiger partial charge in [0.25, 0.3) is 0 Å². The van der Waals surface area contributed by atoms with Crippen LogP contribution in [0.3, 0.4) is 0 Å². The Labute approximate surface area is 71.7 Å². The van der Waals surface area contributed by atoms with Crippen molar-refractivity contribution < 1.29 is 14.6 Å². The zero-order chi connectivity index (χ0) is 9.20. The molecule has 2 aliphatic rings. The second kappa shape index (κ2) is 1.75. The number of carbonyl (C=O) groups excluding carboxylic acids is 1. The molecular formula is C9H14O3. The zero-order valence-electron chi connectivity index (χ0n) is 7.68. The molecule has 1 aliphatic carbocycles. The summed E-state index contributed by atoms with van der Waals surface area (Å²) in [6, 6.07) is 0. The smallest absolute Gasteiger partial charge is 0.168 e. The van der Waals surface area contributed by atoms with Gasteiger partial charge in [0.05, 0.1) is 6.61 Å². The summed E-state index contributed by atoms with van der Waals surface area (Å²) in [6.45, 7) is 5.78. The molecule has 3 atom stereocenters. The van der Waals surface area contributed by atoms with E-state index in [1.807, 2.05) is 6.92 Å². The average Bonchev–Trinajstić information content (AvgIpc) is 2.18. The maximum absolute atomic E-state index is 11.5. The fourth-order valence-corrected chi connectivity index (χ4v) is 2.26. The quantitative estimate of drug-likeness (QED) is 0.576. The lowest BCUT2D eigenvalue weighted by Gasteiger charge is -2.32. The van der Waals surface area contributed by atoms with Crippen LogP contribution in [0.25, 0.3) is 0 Å². The van der Waals surface area contributed by atoms with Gasteiger partial charge in [0.1, 0.15) is 5.60 Å². The highest BCUT2D eigenvalue weighted by Gasteiger charge is 2.71. The van der Waals surface area contributed by atoms with Gasteiger partial charge in [-0.2, -0.15) is 0 Å². The molecule has 0 unspecified atom stereocenters. The molecule has 0 aromatic carbocycles. The van der Waals surface area contributed by atoms with Crippen molar-refractivity contribution in [2.45, 2.75) is 38.4 Å². The van der Waals surface area contributed by atoms with Crippen molar-refractivity contribution in [3.05, 3.63) is 0 Å². The van der Waals surface area contributed by atoms with E-state index < -0.39 is 11.2 Å². The third kappa shape index (κ3) is 0.559. The number of hydrogen-bond donors (Lipinski definition) is 1. The van der Waals surface area contributed by atoms with Crippen molar-refractivity contribution in [2.24, 2.45) is 5.41 Å². The molecule has 1 saturated carbocycles. The lowest BCUT2D eigenvalue weighted by atomic mass is 9.76. The number of rotatable bonds is 0. The van der Waals surface area contributed by atoms with Crippen LogP contribution in [0.4, 0.5) is 0 Å². The van der Waals surface area contributed by atoms with E-state index in [1.54, 1.807) is 13.8 Å². The summed E-state index contributed by atoms with van der Waals surface area (Å²) in [6.07, 6.45) is 0.441. The molecule has 1 heterocycles. The monoisotopic (exact) mass is 170 g/mol. The van der Waals surface area contributed by atoms with E-state index in [0.29, 0.717) is 13.0 Å². The van der Waals surface area contributed by atoms with E-state index in [2.05, 4.69) is 0 Å². The first-order valence-electron chi connectivity index (χ1n) is 4.23. The maximum atomic E-state index is 11.5. The van der Waals surface area contributed by atoms with Gasteiger partial charge < -0.3 is 9.84 Å². The van der Waals surface area contributed by atoms with Crippen LogP contribution in [0.2, 0.25) is 0 Å². The van der Waals surface area contributed by atoms with Crippen LogP contribution in [-0.2, 0) is 9.53 Å². The fourth-order valence-electron chi connectivity index (χ4n) is 2.26. The molecule has 1 N–H and O–H groups in total. The third-order valence-corrected chi connectivity index (χ3v) is 3.87. The van der Waals surface area contributed by atoms with Crippen LogP contribution in [0.15, 0.2) is 0 Å². The van der Waals surface area contributed by atoms with Gasteiger partial charge in [-0.3, -0.25) is 4.79 Å². The normalized spacial score (nSPS) is 58.2. The average molecular weight is 170 g/mol. The number of hydrogen-bond acceptors (Lipinski definition) is 3.